The molecule has 2 aromatic rings. The van der Waals surface area contributed by atoms with Crippen LogP contribution in [0.3, 0.4) is 0 Å². The standard InChI is InChI=1S/C16H18BrN3O/c17-14-6-4-13(5-7-14)16(12-2-1-3-12)19-15(21)10-20-9-8-18-11-20/h4-9,11-12,16H,1-3,10H2,(H,19,21)/t16-/m1/s1. The van der Waals surface area contributed by atoms with Crippen LogP contribution < -0.4 is 5.32 Å². The highest BCUT2D eigenvalue weighted by atomic mass is 79.9. The number of nitrogens with zero attached hydrogens (tertiary/aromatic N) is 2. The van der Waals surface area contributed by atoms with E-state index in [2.05, 4.69) is 38.4 Å². The molecule has 1 saturated carbocycles. The van der Waals surface area contributed by atoms with Gasteiger partial charge >= 0.3 is 0 Å². The smallest absolute Gasteiger partial charge is 0.240 e. The molecule has 0 saturated heterocycles. The number of imidazole rings is 1. The van der Waals surface area contributed by atoms with Gasteiger partial charge in [0.25, 0.3) is 0 Å². The molecule has 1 aliphatic rings. The van der Waals surface area contributed by atoms with E-state index in [1.54, 1.807) is 23.3 Å². The van der Waals surface area contributed by atoms with Crippen LogP contribution in [0, 0.1) is 5.92 Å². The highest BCUT2D eigenvalue weighted by molar-refractivity contribution is 9.10. The first-order valence-corrected chi connectivity index (χ1v) is 8.02. The maximum atomic E-state index is 12.2. The molecule has 1 aliphatic carbocycles. The molecule has 1 heterocycles. The van der Waals surface area contributed by atoms with Gasteiger partial charge in [-0.25, -0.2) is 4.98 Å². The lowest BCUT2D eigenvalue weighted by atomic mass is 9.77. The number of halogens is 1. The third kappa shape index (κ3) is 3.53. The van der Waals surface area contributed by atoms with Gasteiger partial charge in [-0.1, -0.05) is 34.5 Å². The average Bonchev–Trinajstić information content (AvgIpc) is 2.89. The first-order chi connectivity index (χ1) is 10.2. The minimum Gasteiger partial charge on any atom is -0.347 e. The Kier molecular flexibility index (Phi) is 4.39. The Morgan fingerprint density at radius 3 is 2.71 bits per heavy atom. The second kappa shape index (κ2) is 6.43. The molecule has 1 amide bonds. The van der Waals surface area contributed by atoms with Crippen LogP contribution in [0.2, 0.25) is 0 Å². The fourth-order valence-electron chi connectivity index (χ4n) is 2.68. The summed E-state index contributed by atoms with van der Waals surface area (Å²) >= 11 is 3.46. The first kappa shape index (κ1) is 14.3. The topological polar surface area (TPSA) is 46.9 Å². The van der Waals surface area contributed by atoms with Crippen LogP contribution in [-0.4, -0.2) is 15.5 Å². The van der Waals surface area contributed by atoms with E-state index in [-0.39, 0.29) is 11.9 Å². The van der Waals surface area contributed by atoms with Crippen molar-refractivity contribution in [2.24, 2.45) is 5.92 Å². The van der Waals surface area contributed by atoms with Crippen LogP contribution in [0.1, 0.15) is 30.9 Å². The van der Waals surface area contributed by atoms with Crippen molar-refractivity contribution in [1.82, 2.24) is 14.9 Å². The number of aromatic nitrogens is 2. The molecule has 3 rings (SSSR count). The predicted molar refractivity (Wildman–Crippen MR) is 84.6 cm³/mol. The summed E-state index contributed by atoms with van der Waals surface area (Å²) in [6, 6.07) is 8.35. The van der Waals surface area contributed by atoms with Gasteiger partial charge in [0, 0.05) is 16.9 Å². The third-order valence-corrected chi connectivity index (χ3v) is 4.58. The van der Waals surface area contributed by atoms with E-state index < -0.39 is 0 Å². The van der Waals surface area contributed by atoms with Crippen LogP contribution in [0.25, 0.3) is 0 Å². The quantitative estimate of drug-likeness (QED) is 0.901. The molecule has 5 heteroatoms. The maximum Gasteiger partial charge on any atom is 0.240 e. The number of hydrogen-bond donors (Lipinski definition) is 1. The van der Waals surface area contributed by atoms with Crippen molar-refractivity contribution in [3.63, 3.8) is 0 Å². The van der Waals surface area contributed by atoms with E-state index in [9.17, 15) is 4.79 Å². The Hall–Kier alpha value is -1.62. The van der Waals surface area contributed by atoms with Crippen LogP contribution in [0.15, 0.2) is 47.5 Å². The molecule has 0 radical (unpaired) electrons. The number of nitrogens with one attached hydrogen (secondary N) is 1. The average molecular weight is 348 g/mol. The molecule has 0 aliphatic heterocycles. The summed E-state index contributed by atoms with van der Waals surface area (Å²) in [5, 5.41) is 3.19. The largest absolute Gasteiger partial charge is 0.347 e. The van der Waals surface area contributed by atoms with Gasteiger partial charge in [-0.15, -0.1) is 0 Å². The van der Waals surface area contributed by atoms with E-state index in [4.69, 9.17) is 0 Å². The van der Waals surface area contributed by atoms with E-state index in [0.29, 0.717) is 12.5 Å². The van der Waals surface area contributed by atoms with E-state index in [1.807, 2.05) is 12.1 Å². The third-order valence-electron chi connectivity index (χ3n) is 4.05. The molecule has 0 bridgehead atoms. The molecule has 1 N–H and O–H groups in total. The van der Waals surface area contributed by atoms with Crippen LogP contribution in [-0.2, 0) is 11.3 Å². The fourth-order valence-corrected chi connectivity index (χ4v) is 2.95. The molecular weight excluding hydrogens is 330 g/mol. The highest BCUT2D eigenvalue weighted by Gasteiger charge is 2.29. The number of benzene rings is 1. The summed E-state index contributed by atoms with van der Waals surface area (Å²) in [6.07, 6.45) is 8.79. The Morgan fingerprint density at radius 1 is 1.38 bits per heavy atom. The van der Waals surface area contributed by atoms with Crippen molar-refractivity contribution >= 4 is 21.8 Å². The lowest BCUT2D eigenvalue weighted by Crippen LogP contribution is -2.37. The zero-order valence-electron chi connectivity index (χ0n) is 11.7. The maximum absolute atomic E-state index is 12.2. The van der Waals surface area contributed by atoms with Crippen molar-refractivity contribution in [3.05, 3.63) is 53.0 Å². The van der Waals surface area contributed by atoms with Gasteiger partial charge in [-0.2, -0.15) is 0 Å². The molecule has 1 aromatic carbocycles. The number of carbonyl (C=O) groups is 1. The Balaban J connectivity index is 1.70. The molecule has 0 unspecified atom stereocenters. The van der Waals surface area contributed by atoms with Gasteiger partial charge < -0.3 is 9.88 Å². The van der Waals surface area contributed by atoms with Crippen LogP contribution >= 0.6 is 15.9 Å². The van der Waals surface area contributed by atoms with E-state index >= 15 is 0 Å². The minimum absolute atomic E-state index is 0.0350. The molecule has 1 fully saturated rings. The van der Waals surface area contributed by atoms with Crippen molar-refractivity contribution in [1.29, 1.82) is 0 Å². The van der Waals surface area contributed by atoms with Crippen LogP contribution in [0.4, 0.5) is 0 Å². The predicted octanol–water partition coefficient (Wildman–Crippen LogP) is 3.30. The van der Waals surface area contributed by atoms with E-state index in [0.717, 1.165) is 4.47 Å². The lowest BCUT2D eigenvalue weighted by molar-refractivity contribution is -0.123. The molecule has 1 atom stereocenters. The van der Waals surface area contributed by atoms with E-state index in [1.165, 1.54) is 24.8 Å². The number of amides is 1. The SMILES string of the molecule is O=C(Cn1ccnc1)N[C@@H](c1ccc(Br)cc1)C1CCC1. The summed E-state index contributed by atoms with van der Waals surface area (Å²) in [7, 11) is 0. The Morgan fingerprint density at radius 2 is 2.14 bits per heavy atom. The minimum atomic E-state index is 0.0350. The first-order valence-electron chi connectivity index (χ1n) is 7.23. The normalized spacial score (nSPS) is 16.2. The molecule has 4 nitrogen and oxygen atoms in total. The molecule has 21 heavy (non-hydrogen) atoms. The summed E-state index contributed by atoms with van der Waals surface area (Å²) in [5.74, 6) is 0.589. The molecule has 0 spiro atoms. The number of carbonyl (C=O) groups excluding carboxylic acids is 1. The lowest BCUT2D eigenvalue weighted by Gasteiger charge is -2.34. The molecular formula is C16H18BrN3O. The van der Waals surface area contributed by atoms with Gasteiger partial charge in [0.1, 0.15) is 6.54 Å². The number of rotatable bonds is 5. The summed E-state index contributed by atoms with van der Waals surface area (Å²) in [4.78, 5) is 16.2. The van der Waals surface area contributed by atoms with Gasteiger partial charge in [-0.3, -0.25) is 4.79 Å². The van der Waals surface area contributed by atoms with Crippen LogP contribution in [0.5, 0.6) is 0 Å². The Labute approximate surface area is 132 Å². The zero-order chi connectivity index (χ0) is 14.7. The Bertz CT molecular complexity index is 590. The van der Waals surface area contributed by atoms with Crippen molar-refractivity contribution in [3.8, 4) is 0 Å². The highest BCUT2D eigenvalue weighted by Crippen LogP contribution is 2.37. The molecule has 110 valence electrons. The van der Waals surface area contributed by atoms with Crippen molar-refractivity contribution in [2.45, 2.75) is 31.8 Å². The fraction of sp³-hybridized carbons (Fsp3) is 0.375. The summed E-state index contributed by atoms with van der Waals surface area (Å²) in [5.41, 5.74) is 1.18. The summed E-state index contributed by atoms with van der Waals surface area (Å²) in [6.45, 7) is 0.319. The van der Waals surface area contributed by atoms with Crippen molar-refractivity contribution < 1.29 is 4.79 Å². The second-order valence-electron chi connectivity index (χ2n) is 5.52. The number of hydrogen-bond acceptors (Lipinski definition) is 2. The monoisotopic (exact) mass is 347 g/mol. The summed E-state index contributed by atoms with van der Waals surface area (Å²) < 4.78 is 2.85. The van der Waals surface area contributed by atoms with Gasteiger partial charge in [0.05, 0.1) is 12.4 Å². The van der Waals surface area contributed by atoms with Gasteiger partial charge in [-0.05, 0) is 36.5 Å². The van der Waals surface area contributed by atoms with Gasteiger partial charge in [0.15, 0.2) is 0 Å². The zero-order valence-corrected chi connectivity index (χ0v) is 13.3. The molecule has 1 aromatic heterocycles. The second-order valence-corrected chi connectivity index (χ2v) is 6.44. The van der Waals surface area contributed by atoms with Crippen molar-refractivity contribution in [2.75, 3.05) is 0 Å². The van der Waals surface area contributed by atoms with Gasteiger partial charge in [0.2, 0.25) is 5.91 Å².